The van der Waals surface area contributed by atoms with Gasteiger partial charge in [-0.15, -0.1) is 0 Å². The summed E-state index contributed by atoms with van der Waals surface area (Å²) in [6.45, 7) is 0. The quantitative estimate of drug-likeness (QED) is 0.123. The first kappa shape index (κ1) is 29.0. The number of nitrogens with zero attached hydrogens (tertiary/aromatic N) is 3. The predicted molar refractivity (Wildman–Crippen MR) is 203 cm³/mol. The summed E-state index contributed by atoms with van der Waals surface area (Å²) in [4.78, 5) is 2.29. The minimum absolute atomic E-state index is 1.03. The molecule has 0 aliphatic rings. The third-order valence-corrected chi connectivity index (χ3v) is 8.67. The maximum atomic E-state index is 4.93. The Bertz CT molecular complexity index is 2260. The van der Waals surface area contributed by atoms with Gasteiger partial charge in [-0.2, -0.15) is 5.10 Å². The number of anilines is 3. The summed E-state index contributed by atoms with van der Waals surface area (Å²) < 4.78 is 2.03. The van der Waals surface area contributed by atoms with Crippen LogP contribution in [-0.2, 0) is 0 Å². The Kier molecular flexibility index (Phi) is 7.92. The first-order chi connectivity index (χ1) is 23.8. The Morgan fingerprint density at radius 1 is 0.417 bits per heavy atom. The number of rotatable bonds is 8. The van der Waals surface area contributed by atoms with Gasteiger partial charge in [-0.1, -0.05) is 140 Å². The summed E-state index contributed by atoms with van der Waals surface area (Å²) in [6.07, 6.45) is 4.21. The topological polar surface area (TPSA) is 20.5 Å². The standard InChI is InChI=1S/C45H33N3/c1-4-14-36(15-5-1)43(37-16-6-2-7-17-37)32-34-24-28-39(29-25-34)47(38-18-8-3-9-19-38)40-30-26-35(27-31-40)33-46-48-44-22-12-10-20-41(44)42-21-11-13-23-45(42)48/h1-33H. The highest BCUT2D eigenvalue weighted by atomic mass is 15.3. The Hall–Kier alpha value is -6.45. The fourth-order valence-corrected chi connectivity index (χ4v) is 6.34. The second-order valence-electron chi connectivity index (χ2n) is 11.7. The van der Waals surface area contributed by atoms with Crippen LogP contribution >= 0.6 is 0 Å². The molecule has 0 saturated heterocycles. The fourth-order valence-electron chi connectivity index (χ4n) is 6.34. The van der Waals surface area contributed by atoms with Crippen LogP contribution in [0.4, 0.5) is 17.1 Å². The largest absolute Gasteiger partial charge is 0.311 e. The molecule has 0 saturated carbocycles. The SMILES string of the molecule is C(=Nn1c2ccccc2c2ccccc21)c1ccc(N(c2ccccc2)c2ccc(C=C(c3ccccc3)c3ccccc3)cc2)cc1. The van der Waals surface area contributed by atoms with Crippen LogP contribution in [0, 0.1) is 0 Å². The zero-order valence-electron chi connectivity index (χ0n) is 26.4. The normalized spacial score (nSPS) is 11.2. The van der Waals surface area contributed by atoms with Gasteiger partial charge in [0.15, 0.2) is 0 Å². The van der Waals surface area contributed by atoms with Crippen molar-refractivity contribution in [3.05, 3.63) is 210 Å². The predicted octanol–water partition coefficient (Wildman–Crippen LogP) is 11.7. The van der Waals surface area contributed by atoms with Crippen LogP contribution in [0.1, 0.15) is 22.3 Å². The number of hydrogen-bond donors (Lipinski definition) is 0. The van der Waals surface area contributed by atoms with Crippen LogP contribution in [0.5, 0.6) is 0 Å². The van der Waals surface area contributed by atoms with E-state index < -0.39 is 0 Å². The highest BCUT2D eigenvalue weighted by Gasteiger charge is 2.13. The Morgan fingerprint density at radius 3 is 1.35 bits per heavy atom. The average Bonchev–Trinajstić information content (AvgIpc) is 3.49. The first-order valence-corrected chi connectivity index (χ1v) is 16.2. The van der Waals surface area contributed by atoms with Gasteiger partial charge in [0.2, 0.25) is 0 Å². The van der Waals surface area contributed by atoms with Crippen LogP contribution in [0.2, 0.25) is 0 Å². The molecule has 0 unspecified atom stereocenters. The van der Waals surface area contributed by atoms with Crippen LogP contribution < -0.4 is 4.90 Å². The molecule has 0 fully saturated rings. The average molecular weight is 616 g/mol. The third-order valence-electron chi connectivity index (χ3n) is 8.67. The van der Waals surface area contributed by atoms with E-state index in [0.29, 0.717) is 0 Å². The van der Waals surface area contributed by atoms with Crippen LogP contribution in [-0.4, -0.2) is 10.9 Å². The van der Waals surface area contributed by atoms with Gasteiger partial charge >= 0.3 is 0 Å². The van der Waals surface area contributed by atoms with Crippen LogP contribution in [0.15, 0.2) is 193 Å². The van der Waals surface area contributed by atoms with Gasteiger partial charge in [0.1, 0.15) is 0 Å². The van der Waals surface area contributed by atoms with Gasteiger partial charge in [0.25, 0.3) is 0 Å². The zero-order chi connectivity index (χ0) is 32.1. The number of para-hydroxylation sites is 3. The van der Waals surface area contributed by atoms with Gasteiger partial charge in [-0.05, 0) is 82.4 Å². The molecule has 0 spiro atoms. The molecule has 0 atom stereocenters. The van der Waals surface area contributed by atoms with E-state index in [1.165, 1.54) is 27.5 Å². The van der Waals surface area contributed by atoms with Crippen molar-refractivity contribution < 1.29 is 0 Å². The molecule has 0 aliphatic heterocycles. The van der Waals surface area contributed by atoms with Crippen molar-refractivity contribution in [3.63, 3.8) is 0 Å². The molecule has 0 aliphatic carbocycles. The maximum absolute atomic E-state index is 4.93. The zero-order valence-corrected chi connectivity index (χ0v) is 26.4. The lowest BCUT2D eigenvalue weighted by Gasteiger charge is -2.25. The molecule has 48 heavy (non-hydrogen) atoms. The Labute approximate surface area is 281 Å². The molecular weight excluding hydrogens is 583 g/mol. The smallest absolute Gasteiger partial charge is 0.0732 e. The van der Waals surface area contributed by atoms with E-state index in [0.717, 1.165) is 39.2 Å². The first-order valence-electron chi connectivity index (χ1n) is 16.2. The molecule has 0 radical (unpaired) electrons. The molecule has 8 rings (SSSR count). The van der Waals surface area contributed by atoms with Gasteiger partial charge in [0.05, 0.1) is 17.2 Å². The van der Waals surface area contributed by atoms with Gasteiger partial charge in [-0.25, -0.2) is 4.68 Å². The molecule has 0 N–H and O–H groups in total. The molecule has 228 valence electrons. The number of benzene rings is 7. The third kappa shape index (κ3) is 5.81. The monoisotopic (exact) mass is 615 g/mol. The lowest BCUT2D eigenvalue weighted by atomic mass is 9.95. The van der Waals surface area contributed by atoms with Gasteiger partial charge < -0.3 is 4.90 Å². The summed E-state index contributed by atoms with van der Waals surface area (Å²) >= 11 is 0. The maximum Gasteiger partial charge on any atom is 0.0732 e. The van der Waals surface area contributed by atoms with Crippen LogP contribution in [0.25, 0.3) is 33.5 Å². The molecule has 3 heteroatoms. The molecule has 0 bridgehead atoms. The molecule has 7 aromatic carbocycles. The van der Waals surface area contributed by atoms with Crippen molar-refractivity contribution in [1.82, 2.24) is 4.68 Å². The van der Waals surface area contributed by atoms with Crippen LogP contribution in [0.3, 0.4) is 0 Å². The lowest BCUT2D eigenvalue weighted by Crippen LogP contribution is -2.09. The van der Waals surface area contributed by atoms with Gasteiger partial charge in [0, 0.05) is 27.8 Å². The minimum atomic E-state index is 1.03. The van der Waals surface area contributed by atoms with Crippen molar-refractivity contribution in [2.75, 3.05) is 4.90 Å². The van der Waals surface area contributed by atoms with E-state index in [-0.39, 0.29) is 0 Å². The second kappa shape index (κ2) is 13.1. The van der Waals surface area contributed by atoms with Gasteiger partial charge in [-0.3, -0.25) is 0 Å². The second-order valence-corrected chi connectivity index (χ2v) is 11.7. The Morgan fingerprint density at radius 2 is 0.833 bits per heavy atom. The molecular formula is C45H33N3. The van der Waals surface area contributed by atoms with Crippen molar-refractivity contribution in [2.24, 2.45) is 5.10 Å². The summed E-state index contributed by atoms with van der Waals surface area (Å²) in [5, 5.41) is 7.34. The highest BCUT2D eigenvalue weighted by molar-refractivity contribution is 6.08. The van der Waals surface area contributed by atoms with E-state index in [4.69, 9.17) is 5.10 Å². The van der Waals surface area contributed by atoms with Crippen molar-refractivity contribution in [1.29, 1.82) is 0 Å². The molecule has 8 aromatic rings. The van der Waals surface area contributed by atoms with E-state index in [2.05, 4.69) is 199 Å². The molecule has 1 aromatic heterocycles. The van der Waals surface area contributed by atoms with E-state index in [1.807, 2.05) is 10.9 Å². The van der Waals surface area contributed by atoms with Crippen molar-refractivity contribution >= 4 is 56.7 Å². The lowest BCUT2D eigenvalue weighted by molar-refractivity contribution is 0.975. The highest BCUT2D eigenvalue weighted by Crippen LogP contribution is 2.35. The summed E-state index contributed by atoms with van der Waals surface area (Å²) in [7, 11) is 0. The van der Waals surface area contributed by atoms with E-state index in [1.54, 1.807) is 0 Å². The number of aromatic nitrogens is 1. The summed E-state index contributed by atoms with van der Waals surface area (Å²) in [6, 6.07) is 65.9. The molecule has 3 nitrogen and oxygen atoms in total. The Balaban J connectivity index is 1.12. The van der Waals surface area contributed by atoms with E-state index in [9.17, 15) is 0 Å². The fraction of sp³-hybridized carbons (Fsp3) is 0. The van der Waals surface area contributed by atoms with Crippen molar-refractivity contribution in [3.8, 4) is 0 Å². The minimum Gasteiger partial charge on any atom is -0.311 e. The summed E-state index contributed by atoms with van der Waals surface area (Å²) in [5.41, 5.74) is 11.2. The molecule has 1 heterocycles. The number of fused-ring (bicyclic) bond motifs is 3. The summed E-state index contributed by atoms with van der Waals surface area (Å²) in [5.74, 6) is 0. The number of hydrogen-bond acceptors (Lipinski definition) is 2. The molecule has 0 amide bonds. The van der Waals surface area contributed by atoms with Crippen molar-refractivity contribution in [2.45, 2.75) is 0 Å². The van der Waals surface area contributed by atoms with E-state index >= 15 is 0 Å².